The Balaban J connectivity index is 2.43. The summed E-state index contributed by atoms with van der Waals surface area (Å²) in [4.78, 5) is 16.4. The maximum atomic E-state index is 12.4. The van der Waals surface area contributed by atoms with Gasteiger partial charge in [0, 0.05) is 26.5 Å². The van der Waals surface area contributed by atoms with Crippen LogP contribution in [0.3, 0.4) is 0 Å². The second-order valence-electron chi connectivity index (χ2n) is 3.42. The summed E-state index contributed by atoms with van der Waals surface area (Å²) in [6.07, 6.45) is 2.51. The normalized spacial score (nSPS) is 10.8. The van der Waals surface area contributed by atoms with Crippen LogP contribution < -0.4 is 5.32 Å². The Labute approximate surface area is 92.1 Å². The van der Waals surface area contributed by atoms with Crippen LogP contribution in [-0.2, 0) is 11.3 Å². The molecule has 0 saturated heterocycles. The SMILES string of the molecule is CN(C)C(=O)CNCc1nccn1C(F)F. The van der Waals surface area contributed by atoms with Crippen LogP contribution in [0.1, 0.15) is 12.4 Å². The van der Waals surface area contributed by atoms with Gasteiger partial charge in [-0.2, -0.15) is 8.78 Å². The van der Waals surface area contributed by atoms with Crippen LogP contribution in [0.4, 0.5) is 8.78 Å². The number of alkyl halides is 2. The lowest BCUT2D eigenvalue weighted by molar-refractivity contribution is -0.127. The Morgan fingerprint density at radius 1 is 1.62 bits per heavy atom. The highest BCUT2D eigenvalue weighted by Gasteiger charge is 2.11. The van der Waals surface area contributed by atoms with Crippen molar-refractivity contribution in [1.82, 2.24) is 19.8 Å². The van der Waals surface area contributed by atoms with E-state index in [0.29, 0.717) is 0 Å². The van der Waals surface area contributed by atoms with Crippen molar-refractivity contribution in [3.8, 4) is 0 Å². The van der Waals surface area contributed by atoms with Crippen LogP contribution in [-0.4, -0.2) is 41.0 Å². The Bertz CT molecular complexity index is 351. The molecular weight excluding hydrogens is 218 g/mol. The van der Waals surface area contributed by atoms with Gasteiger partial charge in [0.2, 0.25) is 5.91 Å². The third-order valence-electron chi connectivity index (χ3n) is 2.02. The number of carbonyl (C=O) groups excluding carboxylic acids is 1. The standard InChI is InChI=1S/C9H14F2N4O/c1-14(2)8(16)6-12-5-7-13-3-4-15(7)9(10)11/h3-4,9,12H,5-6H2,1-2H3. The lowest BCUT2D eigenvalue weighted by Gasteiger charge is -2.11. The summed E-state index contributed by atoms with van der Waals surface area (Å²) < 4.78 is 25.5. The number of imidazole rings is 1. The first-order valence-electron chi connectivity index (χ1n) is 4.73. The molecule has 0 fully saturated rings. The number of amides is 1. The molecule has 5 nitrogen and oxygen atoms in total. The largest absolute Gasteiger partial charge is 0.348 e. The average Bonchev–Trinajstić information content (AvgIpc) is 2.65. The van der Waals surface area contributed by atoms with Crippen LogP contribution in [0.5, 0.6) is 0 Å². The zero-order valence-electron chi connectivity index (χ0n) is 9.15. The predicted molar refractivity (Wildman–Crippen MR) is 53.9 cm³/mol. The highest BCUT2D eigenvalue weighted by atomic mass is 19.3. The third kappa shape index (κ3) is 3.27. The van der Waals surface area contributed by atoms with Gasteiger partial charge in [-0.05, 0) is 0 Å². The summed E-state index contributed by atoms with van der Waals surface area (Å²) in [6.45, 7) is -2.37. The molecule has 1 rings (SSSR count). The minimum Gasteiger partial charge on any atom is -0.348 e. The van der Waals surface area contributed by atoms with Gasteiger partial charge in [0.05, 0.1) is 13.1 Å². The van der Waals surface area contributed by atoms with Crippen LogP contribution in [0, 0.1) is 0 Å². The van der Waals surface area contributed by atoms with E-state index in [0.717, 1.165) is 4.57 Å². The number of nitrogens with one attached hydrogen (secondary N) is 1. The van der Waals surface area contributed by atoms with Gasteiger partial charge in [0.25, 0.3) is 0 Å². The van der Waals surface area contributed by atoms with Crippen molar-refractivity contribution in [2.24, 2.45) is 0 Å². The summed E-state index contributed by atoms with van der Waals surface area (Å²) >= 11 is 0. The first-order valence-corrected chi connectivity index (χ1v) is 4.73. The van der Waals surface area contributed by atoms with Crippen molar-refractivity contribution in [3.05, 3.63) is 18.2 Å². The van der Waals surface area contributed by atoms with Crippen molar-refractivity contribution < 1.29 is 13.6 Å². The Morgan fingerprint density at radius 2 is 2.31 bits per heavy atom. The van der Waals surface area contributed by atoms with E-state index in [1.165, 1.54) is 17.3 Å². The maximum absolute atomic E-state index is 12.4. The van der Waals surface area contributed by atoms with E-state index in [1.54, 1.807) is 14.1 Å². The van der Waals surface area contributed by atoms with E-state index in [9.17, 15) is 13.6 Å². The summed E-state index contributed by atoms with van der Waals surface area (Å²) in [5.41, 5.74) is 0. The van der Waals surface area contributed by atoms with Gasteiger partial charge in [0.15, 0.2) is 0 Å². The van der Waals surface area contributed by atoms with Gasteiger partial charge in [-0.25, -0.2) is 4.98 Å². The lowest BCUT2D eigenvalue weighted by atomic mass is 10.5. The van der Waals surface area contributed by atoms with Gasteiger partial charge >= 0.3 is 6.55 Å². The molecular formula is C9H14F2N4O. The Hall–Kier alpha value is -1.50. The lowest BCUT2D eigenvalue weighted by Crippen LogP contribution is -2.33. The molecule has 1 heterocycles. The average molecular weight is 232 g/mol. The number of carbonyl (C=O) groups is 1. The third-order valence-corrected chi connectivity index (χ3v) is 2.02. The van der Waals surface area contributed by atoms with Crippen molar-refractivity contribution in [2.45, 2.75) is 13.1 Å². The van der Waals surface area contributed by atoms with E-state index in [-0.39, 0.29) is 24.8 Å². The molecule has 1 aromatic heterocycles. The second-order valence-corrected chi connectivity index (χ2v) is 3.42. The number of nitrogens with zero attached hydrogens (tertiary/aromatic N) is 3. The highest BCUT2D eigenvalue weighted by molar-refractivity contribution is 5.77. The molecule has 0 unspecified atom stereocenters. The van der Waals surface area contributed by atoms with Crippen molar-refractivity contribution in [3.63, 3.8) is 0 Å². The molecule has 90 valence electrons. The van der Waals surface area contributed by atoms with Crippen LogP contribution >= 0.6 is 0 Å². The van der Waals surface area contributed by atoms with E-state index in [1.807, 2.05) is 0 Å². The first kappa shape index (κ1) is 12.6. The Kier molecular flexibility index (Phi) is 4.36. The van der Waals surface area contributed by atoms with E-state index in [2.05, 4.69) is 10.3 Å². The number of hydrogen-bond donors (Lipinski definition) is 1. The molecule has 0 radical (unpaired) electrons. The van der Waals surface area contributed by atoms with Crippen molar-refractivity contribution >= 4 is 5.91 Å². The number of hydrogen-bond acceptors (Lipinski definition) is 3. The summed E-state index contributed by atoms with van der Waals surface area (Å²) in [5.74, 6) is 0.0942. The number of aromatic nitrogens is 2. The first-order chi connectivity index (χ1) is 7.52. The molecule has 0 aromatic carbocycles. The minimum absolute atomic E-state index is 0.100. The van der Waals surface area contributed by atoms with Crippen molar-refractivity contribution in [1.29, 1.82) is 0 Å². The summed E-state index contributed by atoms with van der Waals surface area (Å²) in [7, 11) is 3.26. The fraction of sp³-hybridized carbons (Fsp3) is 0.556. The van der Waals surface area contributed by atoms with E-state index < -0.39 is 6.55 Å². The van der Waals surface area contributed by atoms with Gasteiger partial charge < -0.3 is 10.2 Å². The molecule has 1 N–H and O–H groups in total. The smallest absolute Gasteiger partial charge is 0.319 e. The quantitative estimate of drug-likeness (QED) is 0.802. The van der Waals surface area contributed by atoms with Gasteiger partial charge in [-0.15, -0.1) is 0 Å². The number of rotatable bonds is 5. The molecule has 0 aliphatic rings. The molecule has 1 amide bonds. The van der Waals surface area contributed by atoms with Gasteiger partial charge in [-0.1, -0.05) is 0 Å². The van der Waals surface area contributed by atoms with Crippen LogP contribution in [0.2, 0.25) is 0 Å². The molecule has 0 aliphatic carbocycles. The molecule has 0 aliphatic heterocycles. The fourth-order valence-electron chi connectivity index (χ4n) is 1.10. The molecule has 1 aromatic rings. The summed E-state index contributed by atoms with van der Waals surface area (Å²) in [5, 5.41) is 2.76. The highest BCUT2D eigenvalue weighted by Crippen LogP contribution is 2.11. The van der Waals surface area contributed by atoms with Gasteiger partial charge in [0.1, 0.15) is 5.82 Å². The molecule has 0 bridgehead atoms. The molecule has 0 spiro atoms. The zero-order chi connectivity index (χ0) is 12.1. The maximum Gasteiger partial charge on any atom is 0.319 e. The Morgan fingerprint density at radius 3 is 2.88 bits per heavy atom. The van der Waals surface area contributed by atoms with E-state index in [4.69, 9.17) is 0 Å². The predicted octanol–water partition coefficient (Wildman–Crippen LogP) is 0.456. The van der Waals surface area contributed by atoms with Crippen molar-refractivity contribution in [2.75, 3.05) is 20.6 Å². The molecule has 0 atom stereocenters. The molecule has 7 heteroatoms. The molecule has 0 saturated carbocycles. The van der Waals surface area contributed by atoms with Gasteiger partial charge in [-0.3, -0.25) is 9.36 Å². The number of likely N-dealkylation sites (N-methyl/N-ethyl adjacent to an activating group) is 1. The number of halogens is 2. The van der Waals surface area contributed by atoms with Crippen LogP contribution in [0.15, 0.2) is 12.4 Å². The van der Waals surface area contributed by atoms with Crippen LogP contribution in [0.25, 0.3) is 0 Å². The molecule has 16 heavy (non-hydrogen) atoms. The topological polar surface area (TPSA) is 50.2 Å². The second kappa shape index (κ2) is 5.55. The summed E-state index contributed by atoms with van der Waals surface area (Å²) in [6, 6.07) is 0. The minimum atomic E-state index is -2.61. The fourth-order valence-corrected chi connectivity index (χ4v) is 1.10. The van der Waals surface area contributed by atoms with E-state index >= 15 is 0 Å². The zero-order valence-corrected chi connectivity index (χ0v) is 9.15. The monoisotopic (exact) mass is 232 g/mol.